The predicted octanol–water partition coefficient (Wildman–Crippen LogP) is 3.13. The smallest absolute Gasteiger partial charge is 0.395 e. The van der Waals surface area contributed by atoms with Crippen molar-refractivity contribution in [3.63, 3.8) is 0 Å². The highest BCUT2D eigenvalue weighted by molar-refractivity contribution is 7.16. The standard InChI is InChI=1S/C14H13F4N3O2S/c1-6(2)21-9-4-8(7(15)3-10(9)24-13(21)23)20-12(22)5-11(19)14(16,17)18/h3-6H,19H2,1-2H3,(H,20,22)/b11-5-. The van der Waals surface area contributed by atoms with Gasteiger partial charge in [0.25, 0.3) is 5.91 Å². The van der Waals surface area contributed by atoms with E-state index in [0.717, 1.165) is 17.4 Å². The first-order valence-electron chi connectivity index (χ1n) is 6.70. The number of carbonyl (C=O) groups is 1. The number of anilines is 1. The predicted molar refractivity (Wildman–Crippen MR) is 83.4 cm³/mol. The van der Waals surface area contributed by atoms with E-state index in [-0.39, 0.29) is 22.7 Å². The molecule has 0 unspecified atom stereocenters. The molecule has 24 heavy (non-hydrogen) atoms. The Morgan fingerprint density at radius 3 is 2.54 bits per heavy atom. The van der Waals surface area contributed by atoms with Crippen LogP contribution in [0.5, 0.6) is 0 Å². The molecule has 2 aromatic rings. The second kappa shape index (κ2) is 6.27. The van der Waals surface area contributed by atoms with E-state index in [4.69, 9.17) is 5.73 Å². The summed E-state index contributed by atoms with van der Waals surface area (Å²) in [5, 5.41) is 2.00. The van der Waals surface area contributed by atoms with Gasteiger partial charge >= 0.3 is 11.0 Å². The second-order valence-corrected chi connectivity index (χ2v) is 6.21. The Morgan fingerprint density at radius 2 is 2.00 bits per heavy atom. The fraction of sp³-hybridized carbons (Fsp3) is 0.286. The number of carbonyl (C=O) groups excluding carboxylic acids is 1. The molecule has 0 bridgehead atoms. The molecular formula is C14H13F4N3O2S. The molecule has 1 heterocycles. The summed E-state index contributed by atoms with van der Waals surface area (Å²) >= 11 is 0.837. The van der Waals surface area contributed by atoms with Crippen LogP contribution in [-0.4, -0.2) is 16.7 Å². The summed E-state index contributed by atoms with van der Waals surface area (Å²) in [7, 11) is 0. The first kappa shape index (κ1) is 18.0. The molecule has 0 saturated heterocycles. The molecule has 1 amide bonds. The molecule has 0 fully saturated rings. The van der Waals surface area contributed by atoms with Crippen molar-refractivity contribution in [1.29, 1.82) is 0 Å². The molecule has 2 rings (SSSR count). The monoisotopic (exact) mass is 363 g/mol. The highest BCUT2D eigenvalue weighted by Gasteiger charge is 2.32. The summed E-state index contributed by atoms with van der Waals surface area (Å²) in [4.78, 5) is 23.2. The SMILES string of the molecule is CC(C)n1c(=O)sc2cc(F)c(NC(=O)/C=C(\N)C(F)(F)F)cc21. The number of aromatic nitrogens is 1. The van der Waals surface area contributed by atoms with E-state index < -0.39 is 23.6 Å². The van der Waals surface area contributed by atoms with Crippen LogP contribution in [0.25, 0.3) is 10.2 Å². The number of amides is 1. The van der Waals surface area contributed by atoms with Gasteiger partial charge in [-0.1, -0.05) is 11.3 Å². The van der Waals surface area contributed by atoms with Crippen LogP contribution in [0, 0.1) is 5.82 Å². The van der Waals surface area contributed by atoms with Gasteiger partial charge in [-0.05, 0) is 26.0 Å². The van der Waals surface area contributed by atoms with Crippen molar-refractivity contribution in [3.05, 3.63) is 39.4 Å². The minimum absolute atomic E-state index is 0.132. The van der Waals surface area contributed by atoms with Gasteiger partial charge in [-0.15, -0.1) is 0 Å². The number of nitrogens with zero attached hydrogens (tertiary/aromatic N) is 1. The van der Waals surface area contributed by atoms with Gasteiger partial charge in [0.2, 0.25) is 0 Å². The average molecular weight is 363 g/mol. The maximum absolute atomic E-state index is 14.0. The maximum atomic E-state index is 14.0. The Bertz CT molecular complexity index is 880. The van der Waals surface area contributed by atoms with Gasteiger partial charge in [0, 0.05) is 12.1 Å². The number of hydrogen-bond donors (Lipinski definition) is 2. The molecule has 0 aliphatic rings. The zero-order valence-electron chi connectivity index (χ0n) is 12.6. The Balaban J connectivity index is 2.43. The third-order valence-corrected chi connectivity index (χ3v) is 4.01. The van der Waals surface area contributed by atoms with Crippen molar-refractivity contribution in [2.75, 3.05) is 5.32 Å². The topological polar surface area (TPSA) is 77.1 Å². The average Bonchev–Trinajstić information content (AvgIpc) is 2.72. The fourth-order valence-corrected chi connectivity index (χ4v) is 3.05. The number of hydrogen-bond acceptors (Lipinski definition) is 4. The van der Waals surface area contributed by atoms with E-state index >= 15 is 0 Å². The van der Waals surface area contributed by atoms with E-state index in [1.807, 2.05) is 5.32 Å². The summed E-state index contributed by atoms with van der Waals surface area (Å²) in [6.07, 6.45) is -4.72. The number of halogens is 4. The van der Waals surface area contributed by atoms with Crippen LogP contribution >= 0.6 is 11.3 Å². The zero-order chi connectivity index (χ0) is 18.2. The van der Waals surface area contributed by atoms with E-state index in [2.05, 4.69) is 0 Å². The molecule has 3 N–H and O–H groups in total. The molecule has 0 aliphatic heterocycles. The molecule has 0 radical (unpaired) electrons. The highest BCUT2D eigenvalue weighted by Crippen LogP contribution is 2.27. The lowest BCUT2D eigenvalue weighted by molar-refractivity contribution is -0.113. The molecular weight excluding hydrogens is 350 g/mol. The number of benzene rings is 1. The molecule has 0 aliphatic carbocycles. The number of nitrogens with one attached hydrogen (secondary N) is 1. The van der Waals surface area contributed by atoms with E-state index in [9.17, 15) is 27.2 Å². The number of rotatable bonds is 3. The molecule has 5 nitrogen and oxygen atoms in total. The van der Waals surface area contributed by atoms with Gasteiger partial charge in [0.1, 0.15) is 11.5 Å². The van der Waals surface area contributed by atoms with Crippen LogP contribution in [0.3, 0.4) is 0 Å². The largest absolute Gasteiger partial charge is 0.430 e. The van der Waals surface area contributed by atoms with Crippen molar-refractivity contribution in [3.8, 4) is 0 Å². The summed E-state index contributed by atoms with van der Waals surface area (Å²) in [5.41, 5.74) is 3.18. The third-order valence-electron chi connectivity index (χ3n) is 3.09. The second-order valence-electron chi connectivity index (χ2n) is 5.22. The first-order chi connectivity index (χ1) is 11.0. The van der Waals surface area contributed by atoms with Gasteiger partial charge in [0.05, 0.1) is 15.9 Å². The number of nitrogens with two attached hydrogens (primary N) is 1. The van der Waals surface area contributed by atoms with Gasteiger partial charge in [0.15, 0.2) is 0 Å². The molecule has 0 saturated carbocycles. The van der Waals surface area contributed by atoms with Gasteiger partial charge in [-0.2, -0.15) is 13.2 Å². The van der Waals surface area contributed by atoms with E-state index in [1.54, 1.807) is 13.8 Å². The molecule has 1 aromatic carbocycles. The van der Waals surface area contributed by atoms with Crippen molar-refractivity contribution in [1.82, 2.24) is 4.57 Å². The summed E-state index contributed by atoms with van der Waals surface area (Å²) < 4.78 is 52.7. The Kier molecular flexibility index (Phi) is 4.70. The number of thiazole rings is 1. The first-order valence-corrected chi connectivity index (χ1v) is 7.52. The molecule has 0 atom stereocenters. The minimum Gasteiger partial charge on any atom is -0.395 e. The normalized spacial score (nSPS) is 12.9. The van der Waals surface area contributed by atoms with E-state index in [0.29, 0.717) is 10.2 Å². The van der Waals surface area contributed by atoms with Crippen LogP contribution in [0.1, 0.15) is 19.9 Å². The number of allylic oxidation sites excluding steroid dienone is 1. The van der Waals surface area contributed by atoms with Crippen molar-refractivity contribution < 1.29 is 22.4 Å². The molecule has 10 heteroatoms. The van der Waals surface area contributed by atoms with Crippen molar-refractivity contribution in [2.24, 2.45) is 5.73 Å². The minimum atomic E-state index is -4.86. The van der Waals surface area contributed by atoms with Crippen molar-refractivity contribution in [2.45, 2.75) is 26.1 Å². The Hall–Kier alpha value is -2.36. The summed E-state index contributed by atoms with van der Waals surface area (Å²) in [6, 6.07) is 2.05. The van der Waals surface area contributed by atoms with Crippen LogP contribution < -0.4 is 15.9 Å². The third kappa shape index (κ3) is 3.58. The summed E-state index contributed by atoms with van der Waals surface area (Å²) in [6.45, 7) is 3.50. The number of fused-ring (bicyclic) bond motifs is 1. The Labute approximate surface area is 137 Å². The van der Waals surface area contributed by atoms with E-state index in [1.165, 1.54) is 10.6 Å². The van der Waals surface area contributed by atoms with Crippen molar-refractivity contribution >= 4 is 33.1 Å². The van der Waals surface area contributed by atoms with Crippen LogP contribution in [0.4, 0.5) is 23.2 Å². The zero-order valence-corrected chi connectivity index (χ0v) is 13.4. The van der Waals surface area contributed by atoms with Gasteiger partial charge in [-0.3, -0.25) is 14.2 Å². The lowest BCUT2D eigenvalue weighted by Crippen LogP contribution is -2.22. The molecule has 1 aromatic heterocycles. The van der Waals surface area contributed by atoms with Crippen LogP contribution in [0.15, 0.2) is 28.7 Å². The van der Waals surface area contributed by atoms with Gasteiger partial charge in [-0.25, -0.2) is 4.39 Å². The Morgan fingerprint density at radius 1 is 1.38 bits per heavy atom. The molecule has 130 valence electrons. The van der Waals surface area contributed by atoms with Crippen LogP contribution in [0.2, 0.25) is 0 Å². The fourth-order valence-electron chi connectivity index (χ4n) is 2.03. The van der Waals surface area contributed by atoms with Gasteiger partial charge < -0.3 is 11.1 Å². The maximum Gasteiger partial charge on any atom is 0.430 e. The quantitative estimate of drug-likeness (QED) is 0.650. The lowest BCUT2D eigenvalue weighted by atomic mass is 10.2. The molecule has 0 spiro atoms. The number of alkyl halides is 3. The van der Waals surface area contributed by atoms with Crippen LogP contribution in [-0.2, 0) is 4.79 Å². The highest BCUT2D eigenvalue weighted by atomic mass is 32.1. The lowest BCUT2D eigenvalue weighted by Gasteiger charge is -2.10. The summed E-state index contributed by atoms with van der Waals surface area (Å²) in [5.74, 6) is -2.09.